The summed E-state index contributed by atoms with van der Waals surface area (Å²) in [6, 6.07) is 0. The van der Waals surface area contributed by atoms with E-state index < -0.39 is 0 Å². The molecule has 0 radical (unpaired) electrons. The Kier molecular flexibility index (Phi) is 12.6. The zero-order chi connectivity index (χ0) is 18.6. The molecule has 9 heteroatoms. The van der Waals surface area contributed by atoms with E-state index in [1.807, 2.05) is 7.05 Å². The van der Waals surface area contributed by atoms with Crippen LogP contribution in [0.3, 0.4) is 0 Å². The van der Waals surface area contributed by atoms with Crippen LogP contribution in [-0.4, -0.2) is 89.9 Å². The van der Waals surface area contributed by atoms with Gasteiger partial charge in [-0.2, -0.15) is 0 Å². The van der Waals surface area contributed by atoms with E-state index in [0.717, 1.165) is 37.8 Å². The lowest BCUT2D eigenvalue weighted by Crippen LogP contribution is -2.46. The van der Waals surface area contributed by atoms with Crippen molar-refractivity contribution < 1.29 is 0 Å². The van der Waals surface area contributed by atoms with Crippen LogP contribution < -0.4 is 10.6 Å². The van der Waals surface area contributed by atoms with Gasteiger partial charge in [-0.3, -0.25) is 4.99 Å². The number of halogens is 1. The molecule has 0 amide bonds. The lowest BCUT2D eigenvalue weighted by Gasteiger charge is -2.34. The van der Waals surface area contributed by atoms with Gasteiger partial charge in [-0.15, -0.1) is 34.2 Å². The van der Waals surface area contributed by atoms with E-state index in [4.69, 9.17) is 0 Å². The third-order valence-electron chi connectivity index (χ3n) is 4.99. The molecule has 2 N–H and O–H groups in total. The van der Waals surface area contributed by atoms with Gasteiger partial charge in [-0.25, -0.2) is 0 Å². The third-order valence-corrected chi connectivity index (χ3v) is 4.99. The van der Waals surface area contributed by atoms with Gasteiger partial charge < -0.3 is 25.0 Å². The number of hydrogen-bond acceptors (Lipinski definition) is 5. The fraction of sp³-hybridized carbons (Fsp3) is 0.833. The second-order valence-corrected chi connectivity index (χ2v) is 6.70. The Morgan fingerprint density at radius 2 is 1.74 bits per heavy atom. The number of rotatable bonds is 10. The van der Waals surface area contributed by atoms with Gasteiger partial charge >= 0.3 is 0 Å². The first-order chi connectivity index (χ1) is 12.8. The molecule has 1 aromatic heterocycles. The number of aliphatic imine (C=N–C) groups is 1. The van der Waals surface area contributed by atoms with Gasteiger partial charge in [-0.1, -0.05) is 13.8 Å². The van der Waals surface area contributed by atoms with E-state index in [2.05, 4.69) is 54.0 Å². The van der Waals surface area contributed by atoms with Crippen molar-refractivity contribution in [3.05, 3.63) is 12.2 Å². The van der Waals surface area contributed by atoms with Gasteiger partial charge in [0, 0.05) is 59.3 Å². The second-order valence-electron chi connectivity index (χ2n) is 6.70. The Balaban J connectivity index is 0.00000364. The summed E-state index contributed by atoms with van der Waals surface area (Å²) in [7, 11) is 1.82. The molecule has 0 spiro atoms. The van der Waals surface area contributed by atoms with Gasteiger partial charge in [0.05, 0.1) is 0 Å². The highest BCUT2D eigenvalue weighted by atomic mass is 127. The number of nitrogens with zero attached hydrogens (tertiary/aromatic N) is 6. The first-order valence-corrected chi connectivity index (χ1v) is 10.0. The third kappa shape index (κ3) is 8.73. The van der Waals surface area contributed by atoms with Gasteiger partial charge in [0.1, 0.15) is 12.2 Å². The van der Waals surface area contributed by atoms with Crippen molar-refractivity contribution in [1.82, 2.24) is 35.2 Å². The summed E-state index contributed by atoms with van der Waals surface area (Å²) in [6.07, 6.45) is 5.09. The molecule has 0 aromatic carbocycles. The first kappa shape index (κ1) is 24.1. The summed E-state index contributed by atoms with van der Waals surface area (Å²) in [4.78, 5) is 9.40. The van der Waals surface area contributed by atoms with E-state index >= 15 is 0 Å². The van der Waals surface area contributed by atoms with Crippen LogP contribution in [0.4, 0.5) is 0 Å². The standard InChI is InChI=1S/C18H36N8.HI/c1-4-17-23-22-16-26(17)11-9-21-18(19-3)20-8-6-7-10-25-14-12-24(5-2)13-15-25;/h16H,4-15H2,1-3H3,(H2,19,20,21);1H. The molecule has 2 heterocycles. The first-order valence-electron chi connectivity index (χ1n) is 10.0. The molecule has 27 heavy (non-hydrogen) atoms. The minimum Gasteiger partial charge on any atom is -0.356 e. The predicted octanol–water partition coefficient (Wildman–Crippen LogP) is 1.04. The minimum atomic E-state index is 0. The predicted molar refractivity (Wildman–Crippen MR) is 122 cm³/mol. The zero-order valence-electron chi connectivity index (χ0n) is 17.2. The SMILES string of the molecule is CCc1nncn1CCNC(=NC)NCCCCN1CCN(CC)CC1.I. The van der Waals surface area contributed by atoms with Crippen LogP contribution in [0.1, 0.15) is 32.5 Å². The summed E-state index contributed by atoms with van der Waals surface area (Å²) in [5.74, 6) is 1.89. The molecule has 0 atom stereocenters. The van der Waals surface area contributed by atoms with Crippen LogP contribution in [0.25, 0.3) is 0 Å². The van der Waals surface area contributed by atoms with E-state index in [-0.39, 0.29) is 24.0 Å². The summed E-state index contributed by atoms with van der Waals surface area (Å²) in [5, 5.41) is 14.8. The quantitative estimate of drug-likeness (QED) is 0.220. The molecule has 0 saturated carbocycles. The van der Waals surface area contributed by atoms with Crippen molar-refractivity contribution >= 4 is 29.9 Å². The maximum absolute atomic E-state index is 4.29. The van der Waals surface area contributed by atoms with Crippen molar-refractivity contribution in [1.29, 1.82) is 0 Å². The van der Waals surface area contributed by atoms with Crippen LogP contribution in [-0.2, 0) is 13.0 Å². The lowest BCUT2D eigenvalue weighted by molar-refractivity contribution is 0.136. The fourth-order valence-electron chi connectivity index (χ4n) is 3.25. The number of hydrogen-bond donors (Lipinski definition) is 2. The Hall–Kier alpha value is -0.940. The summed E-state index contributed by atoms with van der Waals surface area (Å²) in [6.45, 7) is 14.2. The van der Waals surface area contributed by atoms with Crippen LogP contribution in [0.15, 0.2) is 11.3 Å². The number of unbranched alkanes of at least 4 members (excludes halogenated alkanes) is 1. The molecule has 1 aliphatic rings. The van der Waals surface area contributed by atoms with E-state index in [0.29, 0.717) is 0 Å². The normalized spacial score (nSPS) is 16.2. The average Bonchev–Trinajstić information content (AvgIpc) is 3.14. The molecule has 1 saturated heterocycles. The molecule has 8 nitrogen and oxygen atoms in total. The molecule has 1 aliphatic heterocycles. The molecule has 1 fully saturated rings. The largest absolute Gasteiger partial charge is 0.356 e. The molecule has 2 rings (SSSR count). The molecule has 0 aliphatic carbocycles. The molecular weight excluding hydrogens is 455 g/mol. The van der Waals surface area contributed by atoms with Crippen LogP contribution >= 0.6 is 24.0 Å². The summed E-state index contributed by atoms with van der Waals surface area (Å²) < 4.78 is 2.08. The van der Waals surface area contributed by atoms with E-state index in [1.54, 1.807) is 6.33 Å². The van der Waals surface area contributed by atoms with Crippen LogP contribution in [0, 0.1) is 0 Å². The van der Waals surface area contributed by atoms with Gasteiger partial charge in [0.2, 0.25) is 0 Å². The number of likely N-dealkylation sites (N-methyl/N-ethyl adjacent to an activating group) is 1. The van der Waals surface area contributed by atoms with Crippen LogP contribution in [0.5, 0.6) is 0 Å². The molecule has 156 valence electrons. The molecular formula is C18H37IN8. The molecule has 0 bridgehead atoms. The van der Waals surface area contributed by atoms with Gasteiger partial charge in [0.25, 0.3) is 0 Å². The van der Waals surface area contributed by atoms with Gasteiger partial charge in [-0.05, 0) is 25.9 Å². The summed E-state index contributed by atoms with van der Waals surface area (Å²) >= 11 is 0. The topological polar surface area (TPSA) is 73.6 Å². The Morgan fingerprint density at radius 1 is 1.04 bits per heavy atom. The highest BCUT2D eigenvalue weighted by molar-refractivity contribution is 14.0. The Bertz CT molecular complexity index is 525. The molecule has 0 unspecified atom stereocenters. The number of nitrogens with one attached hydrogen (secondary N) is 2. The van der Waals surface area contributed by atoms with Crippen molar-refractivity contribution in [3.63, 3.8) is 0 Å². The monoisotopic (exact) mass is 492 g/mol. The van der Waals surface area contributed by atoms with Crippen molar-refractivity contribution in [3.8, 4) is 0 Å². The average molecular weight is 492 g/mol. The number of piperazine rings is 1. The highest BCUT2D eigenvalue weighted by Gasteiger charge is 2.14. The van der Waals surface area contributed by atoms with Crippen molar-refractivity contribution in [2.45, 2.75) is 39.7 Å². The maximum atomic E-state index is 4.29. The number of aromatic nitrogens is 3. The van der Waals surface area contributed by atoms with E-state index in [9.17, 15) is 0 Å². The van der Waals surface area contributed by atoms with Crippen molar-refractivity contribution in [2.75, 3.05) is 59.4 Å². The lowest BCUT2D eigenvalue weighted by atomic mass is 10.2. The Morgan fingerprint density at radius 3 is 2.41 bits per heavy atom. The number of aryl methyl sites for hydroxylation is 1. The van der Waals surface area contributed by atoms with E-state index in [1.165, 1.54) is 52.1 Å². The minimum absolute atomic E-state index is 0. The zero-order valence-corrected chi connectivity index (χ0v) is 19.5. The van der Waals surface area contributed by atoms with Crippen molar-refractivity contribution in [2.24, 2.45) is 4.99 Å². The fourth-order valence-corrected chi connectivity index (χ4v) is 3.25. The van der Waals surface area contributed by atoms with Crippen LogP contribution in [0.2, 0.25) is 0 Å². The molecule has 1 aromatic rings. The summed E-state index contributed by atoms with van der Waals surface area (Å²) in [5.41, 5.74) is 0. The maximum Gasteiger partial charge on any atom is 0.191 e. The smallest absolute Gasteiger partial charge is 0.191 e. The number of guanidine groups is 1. The van der Waals surface area contributed by atoms with Gasteiger partial charge in [0.15, 0.2) is 5.96 Å². The highest BCUT2D eigenvalue weighted by Crippen LogP contribution is 2.02. The second kappa shape index (κ2) is 14.1. The Labute approximate surface area is 181 Å².